The molecule has 0 nitrogen and oxygen atoms in total. The molecule has 0 amide bonds. The zero-order valence-corrected chi connectivity index (χ0v) is 61.4. The van der Waals surface area contributed by atoms with Crippen molar-refractivity contribution in [1.29, 1.82) is 0 Å². The monoisotopic (exact) mass is 1210 g/mol. The van der Waals surface area contributed by atoms with Gasteiger partial charge in [0.1, 0.15) is 0 Å². The molecule has 86 heavy (non-hydrogen) atoms. The van der Waals surface area contributed by atoms with Crippen LogP contribution in [-0.2, 0) is 0 Å². The van der Waals surface area contributed by atoms with Crippen molar-refractivity contribution >= 4 is 0 Å². The van der Waals surface area contributed by atoms with Crippen LogP contribution in [0.5, 0.6) is 0 Å². The molecule has 0 aliphatic heterocycles. The first kappa shape index (κ1) is 86.0. The third-order valence-corrected chi connectivity index (χ3v) is 21.0. The Kier molecular flexibility index (Phi) is 85.0. The van der Waals surface area contributed by atoms with Crippen molar-refractivity contribution in [3.8, 4) is 0 Å². The van der Waals surface area contributed by atoms with Crippen molar-refractivity contribution in [1.82, 2.24) is 0 Å². The highest BCUT2D eigenvalue weighted by molar-refractivity contribution is 4.58. The normalized spacial score (nSPS) is 11.8. The maximum absolute atomic E-state index is 2.32. The van der Waals surface area contributed by atoms with Crippen molar-refractivity contribution in [3.05, 3.63) is 0 Å². The molecule has 0 N–H and O–H groups in total. The van der Waals surface area contributed by atoms with Crippen LogP contribution in [-0.4, -0.2) is 0 Å². The Morgan fingerprint density at radius 2 is 0.0930 bits per heavy atom. The highest BCUT2D eigenvalue weighted by atomic mass is 14.1. The van der Waals surface area contributed by atoms with E-state index in [1.54, 1.807) is 0 Å². The Morgan fingerprint density at radius 3 is 0.128 bits per heavy atom. The maximum Gasteiger partial charge on any atom is -0.0533 e. The molecular weight excluding hydrogens is 1030 g/mol. The average Bonchev–Trinajstić information content (AvgIpc) is 3.52. The molecule has 0 aliphatic rings. The number of hydrogen-bond acceptors (Lipinski definition) is 0. The second-order valence-electron chi connectivity index (χ2n) is 30.0. The summed E-state index contributed by atoms with van der Waals surface area (Å²) in [7, 11) is 0. The van der Waals surface area contributed by atoms with Crippen molar-refractivity contribution in [2.75, 3.05) is 0 Å². The Labute approximate surface area is 550 Å². The van der Waals surface area contributed by atoms with E-state index >= 15 is 0 Å². The number of rotatable bonds is 83. The standard InChI is InChI=1S/C86H174/c1-3-5-7-9-11-13-15-17-19-21-23-25-27-29-31-33-35-37-39-41-43-45-47-49-51-53-55-57-59-61-63-65-67-69-71-73-75-77-79-81-83-85-86-84-82-80-78-76-74-72-70-68-66-64-62-60-58-56-54-52-50-48-46-44-42-40-38-36-34-32-30-28-26-24-22-20-18-16-14-12-10-8-6-4-2/h3-86H2,1-2H3. The number of hydrogen-bond donors (Lipinski definition) is 0. The summed E-state index contributed by atoms with van der Waals surface area (Å²) in [6.45, 7) is 4.63. The summed E-state index contributed by atoms with van der Waals surface area (Å²) in [6.07, 6.45) is 125. The Balaban J connectivity index is 3.08. The van der Waals surface area contributed by atoms with Crippen LogP contribution in [0.15, 0.2) is 0 Å². The van der Waals surface area contributed by atoms with Crippen LogP contribution >= 0.6 is 0 Å². The fourth-order valence-corrected chi connectivity index (χ4v) is 14.6. The summed E-state index contributed by atoms with van der Waals surface area (Å²) in [6, 6.07) is 0. The van der Waals surface area contributed by atoms with E-state index in [0.29, 0.717) is 0 Å². The number of unbranched alkanes of at least 4 members (excludes halogenated alkanes) is 83. The minimum Gasteiger partial charge on any atom is -0.0654 e. The first-order valence-corrected chi connectivity index (χ1v) is 42.9. The minimum atomic E-state index is 1.37. The predicted octanol–water partition coefficient (Wildman–Crippen LogP) is 33.8. The molecule has 0 saturated heterocycles. The van der Waals surface area contributed by atoms with Gasteiger partial charge >= 0.3 is 0 Å². The fraction of sp³-hybridized carbons (Fsp3) is 1.00. The van der Waals surface area contributed by atoms with Crippen molar-refractivity contribution in [2.45, 2.75) is 553 Å². The SMILES string of the molecule is CCCCCCCCCCCCCCCCCCCCCCCCCCCCCCCCCCCCCCCCCCCCCCCCCCCCCCCCCCCCCCCCCCCCCCCCCCCCCCCCCCCCCC. The lowest BCUT2D eigenvalue weighted by molar-refractivity contribution is 0.505. The molecule has 0 aromatic heterocycles. The Bertz CT molecular complexity index is 990. The molecular formula is C86H174. The van der Waals surface area contributed by atoms with E-state index in [4.69, 9.17) is 0 Å². The molecule has 0 heterocycles. The molecule has 0 heteroatoms. The molecule has 0 spiro atoms. The van der Waals surface area contributed by atoms with Crippen LogP contribution in [0.2, 0.25) is 0 Å². The lowest BCUT2D eigenvalue weighted by atomic mass is 10.0. The second-order valence-corrected chi connectivity index (χ2v) is 30.0. The van der Waals surface area contributed by atoms with E-state index in [-0.39, 0.29) is 0 Å². The van der Waals surface area contributed by atoms with Gasteiger partial charge in [-0.2, -0.15) is 0 Å². The van der Waals surface area contributed by atoms with Gasteiger partial charge in [-0.05, 0) is 0 Å². The first-order valence-electron chi connectivity index (χ1n) is 42.9. The summed E-state index contributed by atoms with van der Waals surface area (Å²) in [4.78, 5) is 0. The summed E-state index contributed by atoms with van der Waals surface area (Å²) < 4.78 is 0. The summed E-state index contributed by atoms with van der Waals surface area (Å²) in [5.41, 5.74) is 0. The van der Waals surface area contributed by atoms with Crippen LogP contribution in [0.3, 0.4) is 0 Å². The molecule has 0 unspecified atom stereocenters. The van der Waals surface area contributed by atoms with E-state index < -0.39 is 0 Å². The molecule has 0 bridgehead atoms. The lowest BCUT2D eigenvalue weighted by Crippen LogP contribution is -1.85. The lowest BCUT2D eigenvalue weighted by Gasteiger charge is -2.05. The van der Waals surface area contributed by atoms with Gasteiger partial charge in [-0.3, -0.25) is 0 Å². The quantitative estimate of drug-likeness (QED) is 0.0533. The maximum atomic E-state index is 2.32. The van der Waals surface area contributed by atoms with Crippen LogP contribution in [0.25, 0.3) is 0 Å². The van der Waals surface area contributed by atoms with Gasteiger partial charge in [0.05, 0.1) is 0 Å². The third kappa shape index (κ3) is 84.0. The van der Waals surface area contributed by atoms with Crippen LogP contribution < -0.4 is 0 Å². The zero-order chi connectivity index (χ0) is 61.4. The van der Waals surface area contributed by atoms with E-state index in [1.807, 2.05) is 0 Å². The Morgan fingerprint density at radius 1 is 0.0581 bits per heavy atom. The zero-order valence-electron chi connectivity index (χ0n) is 61.4. The molecule has 0 aromatic carbocycles. The summed E-state index contributed by atoms with van der Waals surface area (Å²) >= 11 is 0. The van der Waals surface area contributed by atoms with Gasteiger partial charge in [-0.1, -0.05) is 553 Å². The summed E-state index contributed by atoms with van der Waals surface area (Å²) in [5.74, 6) is 0. The molecule has 0 fully saturated rings. The molecule has 0 atom stereocenters. The molecule has 0 saturated carbocycles. The van der Waals surface area contributed by atoms with Gasteiger partial charge in [-0.25, -0.2) is 0 Å². The first-order chi connectivity index (χ1) is 42.9. The van der Waals surface area contributed by atoms with E-state index in [1.165, 1.54) is 539 Å². The molecule has 0 radical (unpaired) electrons. The van der Waals surface area contributed by atoms with E-state index in [9.17, 15) is 0 Å². The predicted molar refractivity (Wildman–Crippen MR) is 399 cm³/mol. The van der Waals surface area contributed by atoms with Crippen molar-refractivity contribution < 1.29 is 0 Å². The molecule has 0 rings (SSSR count). The van der Waals surface area contributed by atoms with Gasteiger partial charge in [0.15, 0.2) is 0 Å². The molecule has 0 aromatic rings. The molecule has 0 aliphatic carbocycles. The van der Waals surface area contributed by atoms with Gasteiger partial charge in [-0.15, -0.1) is 0 Å². The second kappa shape index (κ2) is 85.0. The van der Waals surface area contributed by atoms with Crippen molar-refractivity contribution in [2.24, 2.45) is 0 Å². The van der Waals surface area contributed by atoms with Crippen LogP contribution in [0.4, 0.5) is 0 Å². The van der Waals surface area contributed by atoms with Crippen molar-refractivity contribution in [3.63, 3.8) is 0 Å². The van der Waals surface area contributed by atoms with E-state index in [2.05, 4.69) is 13.8 Å². The van der Waals surface area contributed by atoms with Gasteiger partial charge in [0.25, 0.3) is 0 Å². The topological polar surface area (TPSA) is 0 Å². The highest BCUT2D eigenvalue weighted by Gasteiger charge is 2.02. The largest absolute Gasteiger partial charge is 0.0654 e. The van der Waals surface area contributed by atoms with Crippen LogP contribution in [0.1, 0.15) is 553 Å². The smallest absolute Gasteiger partial charge is 0.0533 e. The fourth-order valence-electron chi connectivity index (χ4n) is 14.6. The van der Waals surface area contributed by atoms with Gasteiger partial charge in [0.2, 0.25) is 0 Å². The van der Waals surface area contributed by atoms with E-state index in [0.717, 1.165) is 0 Å². The van der Waals surface area contributed by atoms with Gasteiger partial charge in [0, 0.05) is 0 Å². The highest BCUT2D eigenvalue weighted by Crippen LogP contribution is 2.22. The van der Waals surface area contributed by atoms with Crippen LogP contribution in [0, 0.1) is 0 Å². The van der Waals surface area contributed by atoms with Gasteiger partial charge < -0.3 is 0 Å². The molecule has 518 valence electrons. The Hall–Kier alpha value is 0. The third-order valence-electron chi connectivity index (χ3n) is 21.0. The minimum absolute atomic E-state index is 1.37. The summed E-state index contributed by atoms with van der Waals surface area (Å²) in [5, 5.41) is 0. The average molecular weight is 1210 g/mol.